The molecular formula is C21H19ClN2O3S. The van der Waals surface area contributed by atoms with Gasteiger partial charge in [-0.1, -0.05) is 29.8 Å². The summed E-state index contributed by atoms with van der Waals surface area (Å²) in [6.45, 7) is 2.70. The number of nitrogens with one attached hydrogen (secondary N) is 2. The van der Waals surface area contributed by atoms with Crippen molar-refractivity contribution in [2.24, 2.45) is 0 Å². The van der Waals surface area contributed by atoms with Crippen LogP contribution in [0.3, 0.4) is 0 Å². The quantitative estimate of drug-likeness (QED) is 0.547. The van der Waals surface area contributed by atoms with E-state index in [0.717, 1.165) is 11.3 Å². The second-order valence-corrected chi connectivity index (χ2v) is 7.40. The van der Waals surface area contributed by atoms with E-state index in [4.69, 9.17) is 16.3 Å². The monoisotopic (exact) mass is 414 g/mol. The predicted octanol–water partition coefficient (Wildman–Crippen LogP) is 4.77. The Bertz CT molecular complexity index is 974. The number of hydrogen-bond acceptors (Lipinski definition) is 4. The molecule has 1 heterocycles. The molecule has 0 saturated heterocycles. The number of carbonyl (C=O) groups is 2. The van der Waals surface area contributed by atoms with E-state index in [1.807, 2.05) is 36.6 Å². The summed E-state index contributed by atoms with van der Waals surface area (Å²) in [5.74, 6) is 0.233. The van der Waals surface area contributed by atoms with Gasteiger partial charge in [-0.25, -0.2) is 0 Å². The number of aryl methyl sites for hydroxylation is 1. The lowest BCUT2D eigenvalue weighted by Gasteiger charge is -2.10. The summed E-state index contributed by atoms with van der Waals surface area (Å²) in [6.07, 6.45) is 0. The van der Waals surface area contributed by atoms with E-state index in [9.17, 15) is 9.59 Å². The molecule has 0 bridgehead atoms. The molecule has 2 N–H and O–H groups in total. The highest BCUT2D eigenvalue weighted by molar-refractivity contribution is 7.12. The van der Waals surface area contributed by atoms with Gasteiger partial charge in [-0.2, -0.15) is 0 Å². The average Bonchev–Trinajstić information content (AvgIpc) is 3.22. The maximum Gasteiger partial charge on any atom is 0.265 e. The lowest BCUT2D eigenvalue weighted by atomic mass is 10.2. The van der Waals surface area contributed by atoms with Gasteiger partial charge in [0, 0.05) is 5.56 Å². The fraction of sp³-hybridized carbons (Fsp3) is 0.143. The molecule has 5 nitrogen and oxygen atoms in total. The third-order valence-electron chi connectivity index (χ3n) is 3.87. The normalized spacial score (nSPS) is 10.4. The van der Waals surface area contributed by atoms with E-state index >= 15 is 0 Å². The number of anilines is 1. The van der Waals surface area contributed by atoms with Gasteiger partial charge in [-0.3, -0.25) is 9.59 Å². The first-order valence-electron chi connectivity index (χ1n) is 8.65. The fourth-order valence-electron chi connectivity index (χ4n) is 2.49. The molecule has 3 aromatic rings. The van der Waals surface area contributed by atoms with Crippen LogP contribution in [-0.2, 0) is 0 Å². The molecule has 2 amide bonds. The minimum Gasteiger partial charge on any atom is -0.492 e. The van der Waals surface area contributed by atoms with E-state index in [0.29, 0.717) is 34.3 Å². The summed E-state index contributed by atoms with van der Waals surface area (Å²) >= 11 is 7.48. The predicted molar refractivity (Wildman–Crippen MR) is 113 cm³/mol. The number of hydrogen-bond donors (Lipinski definition) is 2. The highest BCUT2D eigenvalue weighted by atomic mass is 35.5. The molecule has 1 aromatic heterocycles. The van der Waals surface area contributed by atoms with Crippen molar-refractivity contribution in [3.8, 4) is 5.75 Å². The number of ether oxygens (including phenoxy) is 1. The summed E-state index contributed by atoms with van der Waals surface area (Å²) in [6, 6.07) is 16.0. The molecule has 0 aliphatic heterocycles. The maximum absolute atomic E-state index is 12.4. The zero-order chi connectivity index (χ0) is 19.9. The van der Waals surface area contributed by atoms with Crippen molar-refractivity contribution in [1.29, 1.82) is 0 Å². The molecule has 144 valence electrons. The number of carbonyl (C=O) groups excluding carboxylic acids is 2. The molecule has 0 unspecified atom stereocenters. The summed E-state index contributed by atoms with van der Waals surface area (Å²) in [5.41, 5.74) is 1.91. The molecule has 0 fully saturated rings. The molecule has 2 aromatic carbocycles. The van der Waals surface area contributed by atoms with Crippen LogP contribution in [0.2, 0.25) is 5.02 Å². The Labute approximate surface area is 172 Å². The van der Waals surface area contributed by atoms with Crippen molar-refractivity contribution >= 4 is 40.4 Å². The van der Waals surface area contributed by atoms with E-state index in [1.165, 1.54) is 11.3 Å². The lowest BCUT2D eigenvalue weighted by Crippen LogP contribution is -2.28. The summed E-state index contributed by atoms with van der Waals surface area (Å²) in [5, 5.41) is 7.71. The summed E-state index contributed by atoms with van der Waals surface area (Å²) < 4.78 is 5.62. The molecule has 3 rings (SSSR count). The van der Waals surface area contributed by atoms with Crippen molar-refractivity contribution in [2.75, 3.05) is 18.5 Å². The molecular weight excluding hydrogens is 396 g/mol. The highest BCUT2D eigenvalue weighted by Gasteiger charge is 2.12. The van der Waals surface area contributed by atoms with Gasteiger partial charge in [0.1, 0.15) is 12.4 Å². The van der Waals surface area contributed by atoms with Crippen molar-refractivity contribution in [1.82, 2.24) is 5.32 Å². The minimum absolute atomic E-state index is 0.263. The number of thiophene rings is 1. The molecule has 0 radical (unpaired) electrons. The first-order valence-corrected chi connectivity index (χ1v) is 9.91. The third-order valence-corrected chi connectivity index (χ3v) is 5.07. The van der Waals surface area contributed by atoms with Crippen molar-refractivity contribution < 1.29 is 14.3 Å². The first kappa shape index (κ1) is 19.9. The average molecular weight is 415 g/mol. The van der Waals surface area contributed by atoms with Crippen LogP contribution in [0, 0.1) is 6.92 Å². The van der Waals surface area contributed by atoms with Gasteiger partial charge in [0.25, 0.3) is 11.8 Å². The van der Waals surface area contributed by atoms with Crippen molar-refractivity contribution in [3.63, 3.8) is 0 Å². The Kier molecular flexibility index (Phi) is 6.68. The van der Waals surface area contributed by atoms with Gasteiger partial charge in [0.2, 0.25) is 0 Å². The van der Waals surface area contributed by atoms with Crippen LogP contribution in [0.15, 0.2) is 60.0 Å². The SMILES string of the molecule is Cc1cccc(OCCNC(=O)c2ccc(Cl)c(NC(=O)c3cccs3)c2)c1. The van der Waals surface area contributed by atoms with E-state index in [2.05, 4.69) is 10.6 Å². The minimum atomic E-state index is -0.267. The molecule has 7 heteroatoms. The van der Waals surface area contributed by atoms with Gasteiger partial charge in [-0.15, -0.1) is 11.3 Å². The molecule has 0 spiro atoms. The zero-order valence-corrected chi connectivity index (χ0v) is 16.8. The smallest absolute Gasteiger partial charge is 0.265 e. The highest BCUT2D eigenvalue weighted by Crippen LogP contribution is 2.24. The van der Waals surface area contributed by atoms with Crippen molar-refractivity contribution in [3.05, 3.63) is 81.0 Å². The number of rotatable bonds is 7. The standard InChI is InChI=1S/C21H19ClN2O3S/c1-14-4-2-5-16(12-14)27-10-9-23-20(25)15-7-8-17(22)18(13-15)24-21(26)19-6-3-11-28-19/h2-8,11-13H,9-10H2,1H3,(H,23,25)(H,24,26). The molecule has 0 aliphatic carbocycles. The molecule has 0 atom stereocenters. The van der Waals surface area contributed by atoms with Gasteiger partial charge in [0.15, 0.2) is 0 Å². The van der Waals surface area contributed by atoms with Crippen LogP contribution in [0.1, 0.15) is 25.6 Å². The van der Waals surface area contributed by atoms with Crippen LogP contribution in [-0.4, -0.2) is 25.0 Å². The van der Waals surface area contributed by atoms with Crippen LogP contribution in [0.4, 0.5) is 5.69 Å². The molecule has 0 aliphatic rings. The third kappa shape index (κ3) is 5.34. The summed E-state index contributed by atoms with van der Waals surface area (Å²) in [4.78, 5) is 25.1. The Hall–Kier alpha value is -2.83. The Morgan fingerprint density at radius 1 is 1.07 bits per heavy atom. The van der Waals surface area contributed by atoms with E-state index in [-0.39, 0.29) is 11.8 Å². The van der Waals surface area contributed by atoms with Gasteiger partial charge < -0.3 is 15.4 Å². The Morgan fingerprint density at radius 3 is 2.68 bits per heavy atom. The van der Waals surface area contributed by atoms with Crippen molar-refractivity contribution in [2.45, 2.75) is 6.92 Å². The van der Waals surface area contributed by atoms with Crippen LogP contribution < -0.4 is 15.4 Å². The Morgan fingerprint density at radius 2 is 1.93 bits per heavy atom. The van der Waals surface area contributed by atoms with Gasteiger partial charge in [0.05, 0.1) is 22.1 Å². The topological polar surface area (TPSA) is 67.4 Å². The van der Waals surface area contributed by atoms with E-state index < -0.39 is 0 Å². The number of benzene rings is 2. The second kappa shape index (κ2) is 9.39. The first-order chi connectivity index (χ1) is 13.5. The Balaban J connectivity index is 1.55. The van der Waals surface area contributed by atoms with Gasteiger partial charge >= 0.3 is 0 Å². The number of amides is 2. The zero-order valence-electron chi connectivity index (χ0n) is 15.2. The lowest BCUT2D eigenvalue weighted by molar-refractivity contribution is 0.0945. The van der Waals surface area contributed by atoms with Crippen LogP contribution in [0.25, 0.3) is 0 Å². The molecule has 28 heavy (non-hydrogen) atoms. The second-order valence-electron chi connectivity index (χ2n) is 6.05. The molecule has 0 saturated carbocycles. The maximum atomic E-state index is 12.4. The largest absolute Gasteiger partial charge is 0.492 e. The summed E-state index contributed by atoms with van der Waals surface area (Å²) in [7, 11) is 0. The fourth-order valence-corrected chi connectivity index (χ4v) is 3.28. The number of halogens is 1. The van der Waals surface area contributed by atoms with Crippen LogP contribution >= 0.6 is 22.9 Å². The van der Waals surface area contributed by atoms with E-state index in [1.54, 1.807) is 30.3 Å². The van der Waals surface area contributed by atoms with Gasteiger partial charge in [-0.05, 0) is 54.3 Å². The van der Waals surface area contributed by atoms with Crippen LogP contribution in [0.5, 0.6) is 5.75 Å².